The van der Waals surface area contributed by atoms with Crippen LogP contribution in [0, 0.1) is 6.92 Å². The van der Waals surface area contributed by atoms with E-state index in [1.807, 2.05) is 6.07 Å². The van der Waals surface area contributed by atoms with E-state index in [-0.39, 0.29) is 11.9 Å². The first-order valence-corrected chi connectivity index (χ1v) is 11.3. The molecule has 3 N–H and O–H groups in total. The van der Waals surface area contributed by atoms with Gasteiger partial charge in [-0.15, -0.1) is 0 Å². The Labute approximate surface area is 186 Å². The second-order valence-corrected chi connectivity index (χ2v) is 8.48. The molecule has 3 rings (SSSR count). The second-order valence-electron chi connectivity index (χ2n) is 8.48. The van der Waals surface area contributed by atoms with E-state index in [4.69, 9.17) is 9.47 Å². The fourth-order valence-electron chi connectivity index (χ4n) is 4.28. The van der Waals surface area contributed by atoms with Crippen molar-refractivity contribution in [2.45, 2.75) is 32.9 Å². The average Bonchev–Trinajstić information content (AvgIpc) is 2.79. The molecule has 6 heteroatoms. The monoisotopic (exact) mass is 427 g/mol. The molecule has 0 spiro atoms. The molecule has 1 heterocycles. The third-order valence-electron chi connectivity index (χ3n) is 6.20. The van der Waals surface area contributed by atoms with E-state index in [2.05, 4.69) is 55.6 Å². The highest BCUT2D eigenvalue weighted by molar-refractivity contribution is 5.77. The van der Waals surface area contributed by atoms with Gasteiger partial charge in [0.1, 0.15) is 32.7 Å². The zero-order chi connectivity index (χ0) is 22.2. The minimum Gasteiger partial charge on any atom is -0.493 e. The number of rotatable bonds is 9. The van der Waals surface area contributed by atoms with Gasteiger partial charge in [-0.25, -0.2) is 0 Å². The van der Waals surface area contributed by atoms with Crippen LogP contribution in [0.25, 0.3) is 0 Å². The maximum Gasteiger partial charge on any atom is 0.275 e. The number of amides is 1. The van der Waals surface area contributed by atoms with Gasteiger partial charge in [0.15, 0.2) is 18.0 Å². The highest BCUT2D eigenvalue weighted by atomic mass is 16.5. The maximum absolute atomic E-state index is 12.7. The molecule has 0 radical (unpaired) electrons. The Hall–Kier alpha value is -2.57. The van der Waals surface area contributed by atoms with Gasteiger partial charge in [-0.2, -0.15) is 0 Å². The van der Waals surface area contributed by atoms with E-state index in [0.29, 0.717) is 6.54 Å². The van der Waals surface area contributed by atoms with E-state index >= 15 is 0 Å². The van der Waals surface area contributed by atoms with Crippen LogP contribution in [-0.4, -0.2) is 52.9 Å². The summed E-state index contributed by atoms with van der Waals surface area (Å²) in [7, 11) is 3.33. The Balaban J connectivity index is 1.46. The molecule has 1 aliphatic heterocycles. The lowest BCUT2D eigenvalue weighted by Gasteiger charge is -2.30. The average molecular weight is 428 g/mol. The molecule has 0 aliphatic carbocycles. The zero-order valence-corrected chi connectivity index (χ0v) is 19.3. The quantitative estimate of drug-likeness (QED) is 0.548. The lowest BCUT2D eigenvalue weighted by atomic mass is 10.0. The van der Waals surface area contributed by atoms with Gasteiger partial charge in [-0.1, -0.05) is 36.8 Å². The molecule has 1 amide bonds. The van der Waals surface area contributed by atoms with Crippen molar-refractivity contribution < 1.29 is 24.1 Å². The van der Waals surface area contributed by atoms with Crippen LogP contribution in [0.5, 0.6) is 11.5 Å². The summed E-state index contributed by atoms with van der Waals surface area (Å²) in [6.45, 7) is 9.86. The number of piperazine rings is 1. The van der Waals surface area contributed by atoms with Crippen LogP contribution in [-0.2, 0) is 11.3 Å². The molecule has 2 aromatic rings. The van der Waals surface area contributed by atoms with Gasteiger partial charge in [-0.3, -0.25) is 4.79 Å². The van der Waals surface area contributed by atoms with Crippen molar-refractivity contribution in [2.75, 3.05) is 46.9 Å². The zero-order valence-electron chi connectivity index (χ0n) is 19.3. The van der Waals surface area contributed by atoms with Crippen molar-refractivity contribution in [3.05, 3.63) is 59.2 Å². The normalized spacial score (nSPS) is 19.5. The molecule has 0 saturated carbocycles. The molecule has 0 bridgehead atoms. The second kappa shape index (κ2) is 11.2. The molecule has 0 aromatic heterocycles. The van der Waals surface area contributed by atoms with E-state index in [1.165, 1.54) is 21.6 Å². The molecule has 6 nitrogen and oxygen atoms in total. The summed E-state index contributed by atoms with van der Waals surface area (Å²) < 4.78 is 10.8. The molecule has 31 heavy (non-hydrogen) atoms. The molecule has 1 saturated heterocycles. The number of quaternary nitrogens is 2. The number of methoxy groups -OCH3 is 2. The molecular weight excluding hydrogens is 390 g/mol. The van der Waals surface area contributed by atoms with Gasteiger partial charge in [-0.05, 0) is 37.1 Å². The largest absolute Gasteiger partial charge is 0.493 e. The van der Waals surface area contributed by atoms with Crippen molar-refractivity contribution in [3.8, 4) is 11.5 Å². The van der Waals surface area contributed by atoms with Gasteiger partial charge >= 0.3 is 0 Å². The summed E-state index contributed by atoms with van der Waals surface area (Å²) in [4.78, 5) is 15.6. The number of ether oxygens (including phenoxy) is 2. The molecule has 1 atom stereocenters. The minimum absolute atomic E-state index is 0.0875. The topological polar surface area (TPSA) is 56.4 Å². The first-order valence-electron chi connectivity index (χ1n) is 11.3. The lowest BCUT2D eigenvalue weighted by molar-refractivity contribution is -1.02. The standard InChI is InChI=1S/C25H35N3O3/c1-5-22(21-9-6-19(2)7-10-21)26-25(29)18-28-14-12-27(13-15-28)17-20-8-11-23(30-3)24(16-20)31-4/h6-11,16,22H,5,12-15,17-18H2,1-4H3,(H,26,29)/p+2/t22-/m0/s1. The predicted octanol–water partition coefficient (Wildman–Crippen LogP) is 0.563. The third-order valence-corrected chi connectivity index (χ3v) is 6.20. The molecule has 0 unspecified atom stereocenters. The number of benzene rings is 2. The number of carbonyl (C=O) groups excluding carboxylic acids is 1. The van der Waals surface area contributed by atoms with Crippen LogP contribution < -0.4 is 24.6 Å². The van der Waals surface area contributed by atoms with Gasteiger partial charge in [0, 0.05) is 5.56 Å². The SMILES string of the molecule is CC[C@H](NC(=O)C[NH+]1CC[NH+](Cc2ccc(OC)c(OC)c2)CC1)c1ccc(C)cc1. The highest BCUT2D eigenvalue weighted by Gasteiger charge is 2.26. The molecule has 2 aromatic carbocycles. The van der Waals surface area contributed by atoms with Gasteiger partial charge in [0.25, 0.3) is 5.91 Å². The predicted molar refractivity (Wildman–Crippen MR) is 122 cm³/mol. The number of hydrogen-bond donors (Lipinski definition) is 3. The Morgan fingerprint density at radius 2 is 1.61 bits per heavy atom. The van der Waals surface area contributed by atoms with Crippen LogP contribution >= 0.6 is 0 Å². The van der Waals surface area contributed by atoms with Gasteiger partial charge < -0.3 is 24.6 Å². The van der Waals surface area contributed by atoms with Crippen molar-refractivity contribution >= 4 is 5.91 Å². The van der Waals surface area contributed by atoms with E-state index in [9.17, 15) is 4.79 Å². The summed E-state index contributed by atoms with van der Waals surface area (Å²) in [5, 5.41) is 3.23. The minimum atomic E-state index is 0.0875. The van der Waals surface area contributed by atoms with Crippen molar-refractivity contribution in [2.24, 2.45) is 0 Å². The molecule has 1 fully saturated rings. The Kier molecular flexibility index (Phi) is 8.32. The van der Waals surface area contributed by atoms with E-state index < -0.39 is 0 Å². The summed E-state index contributed by atoms with van der Waals surface area (Å²) in [5.41, 5.74) is 3.67. The molecular formula is C25H37N3O3+2. The molecule has 168 valence electrons. The first kappa shape index (κ1) is 23.1. The van der Waals surface area contributed by atoms with Crippen molar-refractivity contribution in [3.63, 3.8) is 0 Å². The van der Waals surface area contributed by atoms with Gasteiger partial charge in [0.2, 0.25) is 0 Å². The number of carbonyl (C=O) groups is 1. The van der Waals surface area contributed by atoms with Gasteiger partial charge in [0.05, 0.1) is 20.3 Å². The van der Waals surface area contributed by atoms with Crippen molar-refractivity contribution in [1.29, 1.82) is 0 Å². The van der Waals surface area contributed by atoms with E-state index in [0.717, 1.165) is 50.6 Å². The van der Waals surface area contributed by atoms with Crippen LogP contribution in [0.2, 0.25) is 0 Å². The van der Waals surface area contributed by atoms with Crippen LogP contribution in [0.4, 0.5) is 0 Å². The number of nitrogens with one attached hydrogen (secondary N) is 3. The summed E-state index contributed by atoms with van der Waals surface area (Å²) in [6.07, 6.45) is 0.896. The Bertz CT molecular complexity index is 846. The van der Waals surface area contributed by atoms with Crippen LogP contribution in [0.3, 0.4) is 0 Å². The Morgan fingerprint density at radius 3 is 2.23 bits per heavy atom. The number of aryl methyl sites for hydroxylation is 1. The third kappa shape index (κ3) is 6.45. The molecule has 1 aliphatic rings. The Morgan fingerprint density at radius 1 is 0.968 bits per heavy atom. The maximum atomic E-state index is 12.7. The van der Waals surface area contributed by atoms with Crippen LogP contribution in [0.15, 0.2) is 42.5 Å². The highest BCUT2D eigenvalue weighted by Crippen LogP contribution is 2.27. The van der Waals surface area contributed by atoms with E-state index in [1.54, 1.807) is 19.1 Å². The summed E-state index contributed by atoms with van der Waals surface area (Å²) in [5.74, 6) is 1.68. The summed E-state index contributed by atoms with van der Waals surface area (Å²) >= 11 is 0. The van der Waals surface area contributed by atoms with Crippen molar-refractivity contribution in [1.82, 2.24) is 5.32 Å². The fourth-order valence-corrected chi connectivity index (χ4v) is 4.28. The smallest absolute Gasteiger partial charge is 0.275 e. The lowest BCUT2D eigenvalue weighted by Crippen LogP contribution is -3.28. The first-order chi connectivity index (χ1) is 15.0. The van der Waals surface area contributed by atoms with Crippen LogP contribution in [0.1, 0.15) is 36.1 Å². The number of hydrogen-bond acceptors (Lipinski definition) is 3. The summed E-state index contributed by atoms with van der Waals surface area (Å²) in [6, 6.07) is 14.7. The fraction of sp³-hybridized carbons (Fsp3) is 0.480.